The molecule has 4 amide bonds. The molecule has 134 valence electrons. The highest BCUT2D eigenvalue weighted by atomic mass is 16.2. The highest BCUT2D eigenvalue weighted by Gasteiger charge is 2.53. The maximum Gasteiger partial charge on any atom is 0.262 e. The number of imide groups is 2. The summed E-state index contributed by atoms with van der Waals surface area (Å²) in [5.74, 6) is -1.93. The van der Waals surface area contributed by atoms with E-state index in [-0.39, 0.29) is 24.3 Å². The van der Waals surface area contributed by atoms with Gasteiger partial charge in [-0.2, -0.15) is 0 Å². The molecular formula is C18H18N4O4. The van der Waals surface area contributed by atoms with Crippen molar-refractivity contribution in [3.8, 4) is 0 Å². The third kappa shape index (κ3) is 1.99. The minimum absolute atomic E-state index is 0.114. The van der Waals surface area contributed by atoms with Crippen molar-refractivity contribution < 1.29 is 19.2 Å². The molecule has 26 heavy (non-hydrogen) atoms. The van der Waals surface area contributed by atoms with Crippen LogP contribution in [0.5, 0.6) is 0 Å². The van der Waals surface area contributed by atoms with Gasteiger partial charge in [-0.25, -0.2) is 0 Å². The van der Waals surface area contributed by atoms with Crippen LogP contribution >= 0.6 is 0 Å². The van der Waals surface area contributed by atoms with E-state index in [1.54, 1.807) is 12.1 Å². The van der Waals surface area contributed by atoms with Crippen LogP contribution in [-0.2, 0) is 9.59 Å². The van der Waals surface area contributed by atoms with E-state index in [4.69, 9.17) is 5.73 Å². The maximum absolute atomic E-state index is 12.9. The number of amides is 4. The highest BCUT2D eigenvalue weighted by molar-refractivity contribution is 6.23. The van der Waals surface area contributed by atoms with Gasteiger partial charge in [0.25, 0.3) is 11.8 Å². The van der Waals surface area contributed by atoms with Gasteiger partial charge < -0.3 is 10.6 Å². The van der Waals surface area contributed by atoms with E-state index in [2.05, 4.69) is 10.2 Å². The summed E-state index contributed by atoms with van der Waals surface area (Å²) >= 11 is 0. The summed E-state index contributed by atoms with van der Waals surface area (Å²) in [5, 5.41) is 2.20. The molecule has 3 saturated heterocycles. The third-order valence-corrected chi connectivity index (χ3v) is 5.97. The molecule has 5 aliphatic rings. The van der Waals surface area contributed by atoms with E-state index >= 15 is 0 Å². The van der Waals surface area contributed by atoms with Crippen LogP contribution in [0, 0.1) is 0 Å². The Morgan fingerprint density at radius 1 is 1.08 bits per heavy atom. The number of nitrogens with two attached hydrogens (primary N) is 1. The van der Waals surface area contributed by atoms with Crippen LogP contribution in [0.25, 0.3) is 0 Å². The Kier molecular flexibility index (Phi) is 2.93. The molecular weight excluding hydrogens is 336 g/mol. The Morgan fingerprint density at radius 3 is 2.46 bits per heavy atom. The van der Waals surface area contributed by atoms with E-state index < -0.39 is 23.8 Å². The van der Waals surface area contributed by atoms with Gasteiger partial charge in [0, 0.05) is 30.2 Å². The molecule has 0 spiro atoms. The normalized spacial score (nSPS) is 32.7. The van der Waals surface area contributed by atoms with E-state index in [0.717, 1.165) is 30.0 Å². The lowest BCUT2D eigenvalue weighted by Gasteiger charge is -2.33. The molecule has 8 nitrogen and oxygen atoms in total. The molecule has 1 atom stereocenters. The average molecular weight is 354 g/mol. The van der Waals surface area contributed by atoms with Crippen molar-refractivity contribution in [1.82, 2.24) is 10.2 Å². The zero-order valence-corrected chi connectivity index (χ0v) is 14.0. The number of fused-ring (bicyclic) bond motifs is 2. The third-order valence-electron chi connectivity index (χ3n) is 5.97. The first-order valence-corrected chi connectivity index (χ1v) is 8.77. The van der Waals surface area contributed by atoms with Crippen LogP contribution in [0.3, 0.4) is 0 Å². The molecule has 1 aromatic rings. The molecule has 4 fully saturated rings. The predicted molar refractivity (Wildman–Crippen MR) is 90.4 cm³/mol. The molecule has 0 radical (unpaired) electrons. The minimum Gasteiger partial charge on any atom is -0.367 e. The minimum atomic E-state index is -0.935. The SMILES string of the molecule is NC12CC(C1)N(c1ccc3c(c1)C(=O)N(C1CCC(=O)NC1=O)C3=O)C2. The lowest BCUT2D eigenvalue weighted by molar-refractivity contribution is -0.136. The second-order valence-electron chi connectivity index (χ2n) is 7.73. The van der Waals surface area contributed by atoms with Gasteiger partial charge in [-0.3, -0.25) is 29.4 Å². The molecule has 4 heterocycles. The second kappa shape index (κ2) is 4.91. The summed E-state index contributed by atoms with van der Waals surface area (Å²) in [5.41, 5.74) is 7.60. The number of carbonyl (C=O) groups excluding carboxylic acids is 4. The first-order chi connectivity index (χ1) is 12.4. The number of benzene rings is 1. The van der Waals surface area contributed by atoms with Crippen LogP contribution < -0.4 is 16.0 Å². The number of carbonyl (C=O) groups is 4. The fourth-order valence-corrected chi connectivity index (χ4v) is 4.64. The number of nitrogens with zero attached hydrogens (tertiary/aromatic N) is 2. The number of hydrogen-bond acceptors (Lipinski definition) is 6. The van der Waals surface area contributed by atoms with Crippen LogP contribution in [0.2, 0.25) is 0 Å². The standard InChI is InChI=1S/C18H18N4O4/c19-18-6-10(7-18)21(8-18)9-1-2-11-12(5-9)17(26)22(16(11)25)13-3-4-14(23)20-15(13)24/h1-2,5,10,13H,3-4,6-8,19H2,(H,20,23,24). The number of nitrogens with one attached hydrogen (secondary N) is 1. The van der Waals surface area contributed by atoms with Gasteiger partial charge in [-0.15, -0.1) is 0 Å². The van der Waals surface area contributed by atoms with E-state index in [1.165, 1.54) is 0 Å². The molecule has 1 aliphatic carbocycles. The summed E-state index contributed by atoms with van der Waals surface area (Å²) in [7, 11) is 0. The van der Waals surface area contributed by atoms with Crippen molar-refractivity contribution in [2.75, 3.05) is 11.4 Å². The Balaban J connectivity index is 1.46. The van der Waals surface area contributed by atoms with Crippen LogP contribution in [0.1, 0.15) is 46.4 Å². The van der Waals surface area contributed by atoms with Crippen LogP contribution in [0.4, 0.5) is 5.69 Å². The van der Waals surface area contributed by atoms with Crippen molar-refractivity contribution in [3.63, 3.8) is 0 Å². The molecule has 1 unspecified atom stereocenters. The summed E-state index contributed by atoms with van der Waals surface area (Å²) in [6.45, 7) is 0.745. The van der Waals surface area contributed by atoms with Gasteiger partial charge in [0.05, 0.1) is 11.1 Å². The molecule has 1 aromatic carbocycles. The van der Waals surface area contributed by atoms with E-state index in [1.807, 2.05) is 6.07 Å². The van der Waals surface area contributed by atoms with Gasteiger partial charge >= 0.3 is 0 Å². The Hall–Kier alpha value is -2.74. The van der Waals surface area contributed by atoms with Gasteiger partial charge in [-0.05, 0) is 37.5 Å². The molecule has 8 heteroatoms. The quantitative estimate of drug-likeness (QED) is 0.709. The largest absolute Gasteiger partial charge is 0.367 e. The van der Waals surface area contributed by atoms with Crippen molar-refractivity contribution in [2.45, 2.75) is 43.3 Å². The molecule has 4 aliphatic heterocycles. The number of anilines is 1. The number of rotatable bonds is 2. The topological polar surface area (TPSA) is 113 Å². The molecule has 6 rings (SSSR count). The molecule has 1 saturated carbocycles. The van der Waals surface area contributed by atoms with Crippen molar-refractivity contribution in [3.05, 3.63) is 29.3 Å². The second-order valence-corrected chi connectivity index (χ2v) is 7.73. The van der Waals surface area contributed by atoms with Gasteiger partial charge in [0.2, 0.25) is 11.8 Å². The van der Waals surface area contributed by atoms with Crippen molar-refractivity contribution >= 4 is 29.3 Å². The van der Waals surface area contributed by atoms with Crippen LogP contribution in [0.15, 0.2) is 18.2 Å². The zero-order valence-electron chi connectivity index (χ0n) is 14.0. The predicted octanol–water partition coefficient (Wildman–Crippen LogP) is -0.232. The fourth-order valence-electron chi connectivity index (χ4n) is 4.64. The average Bonchev–Trinajstić information content (AvgIpc) is 3.16. The van der Waals surface area contributed by atoms with Crippen LogP contribution in [-0.4, -0.2) is 52.7 Å². The first-order valence-electron chi connectivity index (χ1n) is 8.77. The lowest BCUT2D eigenvalue weighted by atomic mass is 9.79. The van der Waals surface area contributed by atoms with E-state index in [0.29, 0.717) is 17.2 Å². The highest BCUT2D eigenvalue weighted by Crippen LogP contribution is 2.45. The Bertz CT molecular complexity index is 889. The molecule has 3 N–H and O–H groups in total. The smallest absolute Gasteiger partial charge is 0.262 e. The summed E-state index contributed by atoms with van der Waals surface area (Å²) in [6.07, 6.45) is 2.16. The van der Waals surface area contributed by atoms with Gasteiger partial charge in [0.15, 0.2) is 0 Å². The molecule has 0 aromatic heterocycles. The first kappa shape index (κ1) is 15.5. The fraction of sp³-hybridized carbons (Fsp3) is 0.444. The summed E-state index contributed by atoms with van der Waals surface area (Å²) in [6, 6.07) is 4.66. The monoisotopic (exact) mass is 354 g/mol. The summed E-state index contributed by atoms with van der Waals surface area (Å²) < 4.78 is 0. The zero-order chi connectivity index (χ0) is 18.2. The Labute approximate surface area is 149 Å². The lowest BCUT2D eigenvalue weighted by Crippen LogP contribution is -2.54. The maximum atomic E-state index is 12.9. The van der Waals surface area contributed by atoms with Gasteiger partial charge in [0.1, 0.15) is 6.04 Å². The molecule has 2 bridgehead atoms. The van der Waals surface area contributed by atoms with Crippen molar-refractivity contribution in [2.24, 2.45) is 5.73 Å². The Morgan fingerprint density at radius 2 is 1.81 bits per heavy atom. The number of piperidine rings is 1. The summed E-state index contributed by atoms with van der Waals surface area (Å²) in [4.78, 5) is 52.2. The van der Waals surface area contributed by atoms with Crippen molar-refractivity contribution in [1.29, 1.82) is 0 Å². The van der Waals surface area contributed by atoms with Gasteiger partial charge in [-0.1, -0.05) is 0 Å². The van der Waals surface area contributed by atoms with E-state index in [9.17, 15) is 19.2 Å². The number of hydrogen-bond donors (Lipinski definition) is 2.